The number of hydrogen-bond acceptors (Lipinski definition) is 6. The molecule has 8 nitrogen and oxygen atoms in total. The van der Waals surface area contributed by atoms with Crippen molar-refractivity contribution in [2.75, 3.05) is 18.0 Å². The van der Waals surface area contributed by atoms with E-state index in [-0.39, 0.29) is 37.4 Å². The number of hydrogen-bond donors (Lipinski definition) is 0. The van der Waals surface area contributed by atoms with Gasteiger partial charge >= 0.3 is 18.2 Å². The van der Waals surface area contributed by atoms with E-state index in [1.54, 1.807) is 49.9 Å². The molecule has 0 bridgehead atoms. The van der Waals surface area contributed by atoms with E-state index in [1.165, 1.54) is 4.90 Å². The fraction of sp³-hybridized carbons (Fsp3) is 0.360. The minimum atomic E-state index is -4.72. The van der Waals surface area contributed by atoms with Crippen LogP contribution in [0.15, 0.2) is 59.0 Å². The van der Waals surface area contributed by atoms with Gasteiger partial charge in [-0.1, -0.05) is 30.3 Å². The second kappa shape index (κ2) is 9.63. The summed E-state index contributed by atoms with van der Waals surface area (Å²) in [6, 6.07) is 15.6. The maximum atomic E-state index is 13.4. The number of likely N-dealkylation sites (tertiary alicyclic amines) is 1. The number of halogens is 3. The lowest BCUT2D eigenvalue weighted by Gasteiger charge is -2.41. The van der Waals surface area contributed by atoms with Crippen molar-refractivity contribution in [3.63, 3.8) is 0 Å². The summed E-state index contributed by atoms with van der Waals surface area (Å²) in [5.41, 5.74) is 1.14. The number of carbonyl (C=O) groups excluding carboxylic acids is 2. The van der Waals surface area contributed by atoms with Crippen molar-refractivity contribution in [2.24, 2.45) is 5.92 Å². The average molecular weight is 502 g/mol. The number of alkyl halides is 3. The van der Waals surface area contributed by atoms with E-state index < -0.39 is 23.8 Å². The van der Waals surface area contributed by atoms with Crippen molar-refractivity contribution in [1.82, 2.24) is 15.1 Å². The highest BCUT2D eigenvalue weighted by Gasteiger charge is 2.40. The lowest BCUT2D eigenvalue weighted by atomic mass is 9.98. The SMILES string of the molecule is CC(C)(C)OC(=O)N1CC(C(=O)N(Cc2ccc(-c3nnc(C(F)(F)F)o3)cc2)c2ccccc2)C1. The molecular weight excluding hydrogens is 477 g/mol. The molecule has 0 spiro atoms. The number of rotatable bonds is 5. The molecule has 1 aliphatic heterocycles. The van der Waals surface area contributed by atoms with Crippen LogP contribution in [-0.2, 0) is 22.3 Å². The van der Waals surface area contributed by atoms with E-state index in [2.05, 4.69) is 10.2 Å². The number of carbonyl (C=O) groups is 2. The third-order valence-electron chi connectivity index (χ3n) is 5.43. The minimum Gasteiger partial charge on any atom is -0.444 e. The first-order chi connectivity index (χ1) is 16.9. The Morgan fingerprint density at radius 3 is 2.22 bits per heavy atom. The number of aromatic nitrogens is 2. The number of ether oxygens (including phenoxy) is 1. The van der Waals surface area contributed by atoms with E-state index in [4.69, 9.17) is 9.15 Å². The van der Waals surface area contributed by atoms with Gasteiger partial charge < -0.3 is 19.0 Å². The second-order valence-corrected chi connectivity index (χ2v) is 9.45. The normalized spacial score (nSPS) is 14.3. The molecule has 0 unspecified atom stereocenters. The highest BCUT2D eigenvalue weighted by molar-refractivity contribution is 5.96. The van der Waals surface area contributed by atoms with Gasteiger partial charge in [0.15, 0.2) is 0 Å². The van der Waals surface area contributed by atoms with Gasteiger partial charge in [-0.15, -0.1) is 10.2 Å². The number of nitrogens with zero attached hydrogens (tertiary/aromatic N) is 4. The van der Waals surface area contributed by atoms with Crippen LogP contribution < -0.4 is 4.90 Å². The quantitative estimate of drug-likeness (QED) is 0.479. The van der Waals surface area contributed by atoms with Crippen LogP contribution in [0.3, 0.4) is 0 Å². The second-order valence-electron chi connectivity index (χ2n) is 9.45. The number of para-hydroxylation sites is 1. The average Bonchev–Trinajstić information content (AvgIpc) is 3.27. The Bertz CT molecular complexity index is 1210. The highest BCUT2D eigenvalue weighted by Crippen LogP contribution is 2.31. The lowest BCUT2D eigenvalue weighted by molar-refractivity contribution is -0.157. The molecule has 0 radical (unpaired) electrons. The Balaban J connectivity index is 1.47. The molecule has 1 aliphatic rings. The summed E-state index contributed by atoms with van der Waals surface area (Å²) < 4.78 is 48.3. The first kappa shape index (κ1) is 25.2. The Kier molecular flexibility index (Phi) is 6.75. The van der Waals surface area contributed by atoms with Crippen molar-refractivity contribution in [1.29, 1.82) is 0 Å². The van der Waals surface area contributed by atoms with Gasteiger partial charge in [0.1, 0.15) is 5.60 Å². The van der Waals surface area contributed by atoms with E-state index in [0.29, 0.717) is 11.3 Å². The smallest absolute Gasteiger partial charge is 0.444 e. The molecule has 0 N–H and O–H groups in total. The molecule has 1 aromatic heterocycles. The molecule has 1 saturated heterocycles. The Morgan fingerprint density at radius 1 is 1.03 bits per heavy atom. The van der Waals surface area contributed by atoms with Gasteiger partial charge in [0.25, 0.3) is 0 Å². The maximum Gasteiger partial charge on any atom is 0.470 e. The molecule has 3 aromatic rings. The highest BCUT2D eigenvalue weighted by atomic mass is 19.4. The Morgan fingerprint density at radius 2 is 1.67 bits per heavy atom. The van der Waals surface area contributed by atoms with Crippen LogP contribution in [-0.4, -0.2) is 45.8 Å². The van der Waals surface area contributed by atoms with Crippen LogP contribution in [0.25, 0.3) is 11.5 Å². The first-order valence-electron chi connectivity index (χ1n) is 11.2. The molecule has 2 aromatic carbocycles. The third kappa shape index (κ3) is 5.84. The summed E-state index contributed by atoms with van der Waals surface area (Å²) in [6.07, 6.45) is -5.18. The predicted octanol–water partition coefficient (Wildman–Crippen LogP) is 5.16. The standard InChI is InChI=1S/C25H25F3N4O4/c1-24(2,3)36-23(34)31-14-18(15-31)21(33)32(19-7-5-4-6-8-19)13-16-9-11-17(12-10-16)20-29-30-22(35-20)25(26,27)28/h4-12,18H,13-15H2,1-3H3. The molecule has 1 fully saturated rings. The van der Waals surface area contributed by atoms with Crippen LogP contribution in [0.4, 0.5) is 23.7 Å². The van der Waals surface area contributed by atoms with Crippen LogP contribution in [0.5, 0.6) is 0 Å². The molecule has 0 aliphatic carbocycles. The zero-order valence-corrected chi connectivity index (χ0v) is 20.0. The van der Waals surface area contributed by atoms with E-state index in [9.17, 15) is 22.8 Å². The molecule has 190 valence electrons. The van der Waals surface area contributed by atoms with Crippen molar-refractivity contribution in [3.05, 3.63) is 66.1 Å². The van der Waals surface area contributed by atoms with Crippen molar-refractivity contribution < 1.29 is 31.9 Å². The summed E-state index contributed by atoms with van der Waals surface area (Å²) >= 11 is 0. The van der Waals surface area contributed by atoms with Gasteiger partial charge in [0.05, 0.1) is 12.5 Å². The Hall–Kier alpha value is -3.89. The molecular formula is C25H25F3N4O4. The number of amides is 2. The molecule has 2 amide bonds. The molecule has 0 saturated carbocycles. The summed E-state index contributed by atoms with van der Waals surface area (Å²) in [4.78, 5) is 28.7. The molecule has 11 heteroatoms. The van der Waals surface area contributed by atoms with Crippen LogP contribution in [0.1, 0.15) is 32.2 Å². The zero-order chi connectivity index (χ0) is 26.1. The topological polar surface area (TPSA) is 88.8 Å². The summed E-state index contributed by atoms with van der Waals surface area (Å²) in [5.74, 6) is -2.18. The van der Waals surface area contributed by atoms with Gasteiger partial charge in [-0.2, -0.15) is 13.2 Å². The van der Waals surface area contributed by atoms with Gasteiger partial charge in [-0.3, -0.25) is 4.79 Å². The lowest BCUT2D eigenvalue weighted by Crippen LogP contribution is -2.57. The number of anilines is 1. The molecule has 4 rings (SSSR count). The summed E-state index contributed by atoms with van der Waals surface area (Å²) in [6.45, 7) is 6.09. The Labute approximate surface area is 205 Å². The van der Waals surface area contributed by atoms with Gasteiger partial charge in [-0.05, 0) is 50.6 Å². The monoisotopic (exact) mass is 502 g/mol. The molecule has 0 atom stereocenters. The minimum absolute atomic E-state index is 0.142. The van der Waals surface area contributed by atoms with Crippen LogP contribution in [0.2, 0.25) is 0 Å². The van der Waals surface area contributed by atoms with Gasteiger partial charge in [0.2, 0.25) is 11.8 Å². The fourth-order valence-electron chi connectivity index (χ4n) is 3.62. The molecule has 36 heavy (non-hydrogen) atoms. The van der Waals surface area contributed by atoms with Crippen LogP contribution >= 0.6 is 0 Å². The van der Waals surface area contributed by atoms with E-state index >= 15 is 0 Å². The predicted molar refractivity (Wildman–Crippen MR) is 124 cm³/mol. The fourth-order valence-corrected chi connectivity index (χ4v) is 3.62. The van der Waals surface area contributed by atoms with Crippen molar-refractivity contribution in [2.45, 2.75) is 39.1 Å². The van der Waals surface area contributed by atoms with Gasteiger partial charge in [0, 0.05) is 24.3 Å². The summed E-state index contributed by atoms with van der Waals surface area (Å²) in [7, 11) is 0. The van der Waals surface area contributed by atoms with E-state index in [1.807, 2.05) is 30.3 Å². The van der Waals surface area contributed by atoms with Crippen molar-refractivity contribution in [3.8, 4) is 11.5 Å². The molecule has 2 heterocycles. The maximum absolute atomic E-state index is 13.4. The van der Waals surface area contributed by atoms with E-state index in [0.717, 1.165) is 5.56 Å². The summed E-state index contributed by atoms with van der Waals surface area (Å²) in [5, 5.41) is 6.50. The third-order valence-corrected chi connectivity index (χ3v) is 5.43. The van der Waals surface area contributed by atoms with Crippen molar-refractivity contribution >= 4 is 17.7 Å². The first-order valence-corrected chi connectivity index (χ1v) is 11.2. The largest absolute Gasteiger partial charge is 0.470 e. The number of benzene rings is 2. The van der Waals surface area contributed by atoms with Gasteiger partial charge in [-0.25, -0.2) is 4.79 Å². The zero-order valence-electron chi connectivity index (χ0n) is 20.0. The van der Waals surface area contributed by atoms with Crippen LogP contribution in [0, 0.1) is 5.92 Å².